The molecule has 0 bridgehead atoms. The molecule has 0 aliphatic carbocycles. The first-order chi connectivity index (χ1) is 5.91. The van der Waals surface area contributed by atoms with E-state index in [0.717, 1.165) is 0 Å². The molecule has 0 fully saturated rings. The standard InChI is InChI=1S/C4H11NO5S3/c1-11(6)2-5(3-12(7)8)4-13(9)10/h2-4H2,1H3,(H,7,8)(H,9,10). The van der Waals surface area contributed by atoms with Crippen molar-refractivity contribution < 1.29 is 21.7 Å². The van der Waals surface area contributed by atoms with Crippen LogP contribution in [-0.2, 0) is 33.0 Å². The van der Waals surface area contributed by atoms with Crippen LogP contribution in [0.1, 0.15) is 0 Å². The van der Waals surface area contributed by atoms with Gasteiger partial charge in [0.1, 0.15) is 11.8 Å². The molecular formula is C4H11NO5S3. The molecule has 3 unspecified atom stereocenters. The highest BCUT2D eigenvalue weighted by atomic mass is 32.2. The van der Waals surface area contributed by atoms with Crippen molar-refractivity contribution in [3.05, 3.63) is 0 Å². The average Bonchev–Trinajstić information content (AvgIpc) is 1.80. The van der Waals surface area contributed by atoms with E-state index >= 15 is 0 Å². The molecule has 0 heterocycles. The first-order valence-corrected chi connectivity index (χ1v) is 7.37. The van der Waals surface area contributed by atoms with Gasteiger partial charge in [0.25, 0.3) is 0 Å². The molecule has 0 rings (SSSR count). The van der Waals surface area contributed by atoms with Crippen LogP contribution in [0.5, 0.6) is 0 Å². The number of rotatable bonds is 6. The van der Waals surface area contributed by atoms with Gasteiger partial charge in [0, 0.05) is 17.1 Å². The molecule has 0 aromatic heterocycles. The van der Waals surface area contributed by atoms with Crippen molar-refractivity contribution in [2.45, 2.75) is 0 Å². The van der Waals surface area contributed by atoms with E-state index in [0.29, 0.717) is 0 Å². The molecule has 0 saturated heterocycles. The van der Waals surface area contributed by atoms with E-state index in [1.807, 2.05) is 0 Å². The maximum atomic E-state index is 10.7. The van der Waals surface area contributed by atoms with Crippen molar-refractivity contribution >= 4 is 33.0 Å². The van der Waals surface area contributed by atoms with Crippen LogP contribution >= 0.6 is 0 Å². The van der Waals surface area contributed by atoms with Gasteiger partial charge in [-0.2, -0.15) is 0 Å². The number of nitrogens with zero attached hydrogens (tertiary/aromatic N) is 1. The molecule has 0 radical (unpaired) electrons. The highest BCUT2D eigenvalue weighted by molar-refractivity contribution is 7.84. The van der Waals surface area contributed by atoms with E-state index in [4.69, 9.17) is 9.11 Å². The zero-order valence-electron chi connectivity index (χ0n) is 6.91. The Hall–Kier alpha value is 0.330. The van der Waals surface area contributed by atoms with Gasteiger partial charge in [-0.25, -0.2) is 8.42 Å². The van der Waals surface area contributed by atoms with E-state index in [1.165, 1.54) is 11.2 Å². The van der Waals surface area contributed by atoms with Crippen LogP contribution in [0.3, 0.4) is 0 Å². The molecule has 3 atom stereocenters. The molecular weight excluding hydrogens is 238 g/mol. The summed E-state index contributed by atoms with van der Waals surface area (Å²) < 4.78 is 48.4. The van der Waals surface area contributed by atoms with E-state index in [9.17, 15) is 12.6 Å². The molecule has 9 heteroatoms. The summed E-state index contributed by atoms with van der Waals surface area (Å²) >= 11 is -4.17. The smallest absolute Gasteiger partial charge is 0.167 e. The van der Waals surface area contributed by atoms with Gasteiger partial charge in [-0.05, 0) is 0 Å². The predicted molar refractivity (Wildman–Crippen MR) is 52.0 cm³/mol. The molecule has 6 nitrogen and oxygen atoms in total. The van der Waals surface area contributed by atoms with Crippen molar-refractivity contribution in [2.75, 3.05) is 23.9 Å². The molecule has 0 spiro atoms. The summed E-state index contributed by atoms with van der Waals surface area (Å²) in [6, 6.07) is 0. The zero-order valence-corrected chi connectivity index (χ0v) is 9.36. The van der Waals surface area contributed by atoms with E-state index in [2.05, 4.69) is 0 Å². The Morgan fingerprint density at radius 2 is 1.38 bits per heavy atom. The van der Waals surface area contributed by atoms with Crippen molar-refractivity contribution in [1.29, 1.82) is 0 Å². The average molecular weight is 249 g/mol. The molecule has 13 heavy (non-hydrogen) atoms. The van der Waals surface area contributed by atoms with Gasteiger partial charge in [0.15, 0.2) is 22.2 Å². The molecule has 0 aromatic carbocycles. The Labute approximate surface area is 83.7 Å². The lowest BCUT2D eigenvalue weighted by atomic mass is 11.0. The normalized spacial score (nSPS) is 18.5. The number of hydrogen-bond donors (Lipinski definition) is 2. The van der Waals surface area contributed by atoms with Crippen molar-refractivity contribution in [3.63, 3.8) is 0 Å². The predicted octanol–water partition coefficient (Wildman–Crippen LogP) is -1.02. The first kappa shape index (κ1) is 13.3. The number of hydrogen-bond acceptors (Lipinski definition) is 4. The monoisotopic (exact) mass is 249 g/mol. The van der Waals surface area contributed by atoms with Gasteiger partial charge < -0.3 is 9.11 Å². The molecule has 2 N–H and O–H groups in total. The highest BCUT2D eigenvalue weighted by Crippen LogP contribution is 1.94. The lowest BCUT2D eigenvalue weighted by Crippen LogP contribution is -2.33. The summed E-state index contributed by atoms with van der Waals surface area (Å²) in [6.45, 7) is 0. The summed E-state index contributed by atoms with van der Waals surface area (Å²) in [6.07, 6.45) is 1.41. The van der Waals surface area contributed by atoms with Gasteiger partial charge in [-0.1, -0.05) is 0 Å². The lowest BCUT2D eigenvalue weighted by molar-refractivity contribution is 0.402. The summed E-state index contributed by atoms with van der Waals surface area (Å²) in [5.41, 5.74) is 0. The third kappa shape index (κ3) is 8.65. The highest BCUT2D eigenvalue weighted by Gasteiger charge is 2.11. The van der Waals surface area contributed by atoms with Gasteiger partial charge >= 0.3 is 0 Å². The van der Waals surface area contributed by atoms with E-state index in [1.54, 1.807) is 0 Å². The fraction of sp³-hybridized carbons (Fsp3) is 1.00. The van der Waals surface area contributed by atoms with Crippen LogP contribution in [0, 0.1) is 0 Å². The first-order valence-electron chi connectivity index (χ1n) is 3.09. The van der Waals surface area contributed by atoms with Crippen LogP contribution in [0.25, 0.3) is 0 Å². The van der Waals surface area contributed by atoms with Crippen LogP contribution in [0.2, 0.25) is 0 Å². The van der Waals surface area contributed by atoms with Gasteiger partial charge in [-0.15, -0.1) is 0 Å². The topological polar surface area (TPSA) is 94.9 Å². The summed E-state index contributed by atoms with van der Waals surface area (Å²) in [4.78, 5) is 1.20. The zero-order chi connectivity index (χ0) is 10.4. The fourth-order valence-corrected chi connectivity index (χ4v) is 2.71. The van der Waals surface area contributed by atoms with Crippen molar-refractivity contribution in [2.24, 2.45) is 0 Å². The fourth-order valence-electron chi connectivity index (χ4n) is 0.681. The molecule has 80 valence electrons. The Morgan fingerprint density at radius 3 is 1.62 bits per heavy atom. The molecule has 0 aliphatic heterocycles. The largest absolute Gasteiger partial charge is 0.305 e. The maximum Gasteiger partial charge on any atom is 0.167 e. The summed E-state index contributed by atoms with van der Waals surface area (Å²) in [5.74, 6) is -0.531. The molecule has 0 aromatic rings. The second-order valence-electron chi connectivity index (χ2n) is 2.27. The molecule has 0 amide bonds. The van der Waals surface area contributed by atoms with Crippen molar-refractivity contribution in [3.8, 4) is 0 Å². The van der Waals surface area contributed by atoms with Crippen LogP contribution in [-0.4, -0.2) is 50.5 Å². The SMILES string of the molecule is CS(=O)CN(CS(=O)O)CS(=O)O. The van der Waals surface area contributed by atoms with Gasteiger partial charge in [0.05, 0.1) is 5.88 Å². The Morgan fingerprint density at radius 1 is 1.00 bits per heavy atom. The Bertz CT molecular complexity index is 194. The quantitative estimate of drug-likeness (QED) is 0.585. The van der Waals surface area contributed by atoms with Crippen LogP contribution in [0.15, 0.2) is 0 Å². The van der Waals surface area contributed by atoms with E-state index < -0.39 is 33.0 Å². The second-order valence-corrected chi connectivity index (χ2v) is 5.48. The maximum absolute atomic E-state index is 10.7. The third-order valence-electron chi connectivity index (χ3n) is 0.950. The Kier molecular flexibility index (Phi) is 6.91. The second kappa shape index (κ2) is 6.74. The van der Waals surface area contributed by atoms with Gasteiger partial charge in [0.2, 0.25) is 0 Å². The summed E-state index contributed by atoms with van der Waals surface area (Å²) in [7, 11) is -1.19. The minimum Gasteiger partial charge on any atom is -0.305 e. The van der Waals surface area contributed by atoms with Crippen LogP contribution < -0.4 is 0 Å². The van der Waals surface area contributed by atoms with Crippen LogP contribution in [0.4, 0.5) is 0 Å². The third-order valence-corrected chi connectivity index (χ3v) is 2.85. The van der Waals surface area contributed by atoms with E-state index in [-0.39, 0.29) is 17.6 Å². The van der Waals surface area contributed by atoms with Crippen molar-refractivity contribution in [1.82, 2.24) is 4.90 Å². The van der Waals surface area contributed by atoms with Gasteiger partial charge in [-0.3, -0.25) is 9.11 Å². The minimum atomic E-state index is -2.08. The Balaban J connectivity index is 4.10. The minimum absolute atomic E-state index is 0.0125. The lowest BCUT2D eigenvalue weighted by Gasteiger charge is -2.16. The summed E-state index contributed by atoms with van der Waals surface area (Å²) in [5, 5.41) is 0. The molecule has 0 saturated carbocycles. The molecule has 0 aliphatic rings.